The van der Waals surface area contributed by atoms with Crippen molar-refractivity contribution in [3.8, 4) is 0 Å². The quantitative estimate of drug-likeness (QED) is 0.687. The molecule has 8 heteroatoms. The second-order valence-corrected chi connectivity index (χ2v) is 8.57. The zero-order valence-corrected chi connectivity index (χ0v) is 15.4. The van der Waals surface area contributed by atoms with Gasteiger partial charge in [0.25, 0.3) is 10.0 Å². The van der Waals surface area contributed by atoms with E-state index in [0.29, 0.717) is 15.7 Å². The van der Waals surface area contributed by atoms with Crippen molar-refractivity contribution in [1.29, 1.82) is 0 Å². The molecule has 0 fully saturated rings. The number of anilines is 1. The van der Waals surface area contributed by atoms with Crippen molar-refractivity contribution >= 4 is 59.9 Å². The number of benzene rings is 2. The average Bonchev–Trinajstić information content (AvgIpc) is 2.85. The molecule has 4 nitrogen and oxygen atoms in total. The number of halogens is 2. The Kier molecular flexibility index (Phi) is 4.27. The van der Waals surface area contributed by atoms with Crippen LogP contribution in [0.3, 0.4) is 0 Å². The average molecular weight is 387 g/mol. The summed E-state index contributed by atoms with van der Waals surface area (Å²) in [7, 11) is -3.84. The number of fused-ring (bicyclic) bond motifs is 1. The Labute approximate surface area is 148 Å². The molecule has 0 amide bonds. The summed E-state index contributed by atoms with van der Waals surface area (Å²) in [5.74, 6) is 0. The summed E-state index contributed by atoms with van der Waals surface area (Å²) >= 11 is 13.3. The molecule has 0 aliphatic carbocycles. The summed E-state index contributed by atoms with van der Waals surface area (Å²) in [6.07, 6.45) is 0. The van der Waals surface area contributed by atoms with Gasteiger partial charge < -0.3 is 0 Å². The van der Waals surface area contributed by atoms with Crippen LogP contribution in [0.2, 0.25) is 10.0 Å². The lowest BCUT2D eigenvalue weighted by Gasteiger charge is -2.09. The second-order valence-electron chi connectivity index (χ2n) is 5.08. The van der Waals surface area contributed by atoms with Crippen molar-refractivity contribution in [2.24, 2.45) is 0 Å². The van der Waals surface area contributed by atoms with Gasteiger partial charge in [0.05, 0.1) is 15.2 Å². The number of sulfonamides is 1. The first-order chi connectivity index (χ1) is 10.8. The highest BCUT2D eigenvalue weighted by Gasteiger charge is 2.21. The molecule has 1 heterocycles. The molecule has 2 aromatic carbocycles. The van der Waals surface area contributed by atoms with Gasteiger partial charge in [-0.1, -0.05) is 46.7 Å². The van der Waals surface area contributed by atoms with Crippen molar-refractivity contribution in [2.75, 3.05) is 4.72 Å². The smallest absolute Gasteiger partial charge is 0.255 e. The Hall–Kier alpha value is -1.34. The predicted molar refractivity (Wildman–Crippen MR) is 96.4 cm³/mol. The summed E-state index contributed by atoms with van der Waals surface area (Å²) in [4.78, 5) is 4.34. The lowest BCUT2D eigenvalue weighted by molar-refractivity contribution is 0.601. The minimum atomic E-state index is -3.84. The van der Waals surface area contributed by atoms with E-state index < -0.39 is 10.0 Å². The second kappa shape index (κ2) is 5.94. The van der Waals surface area contributed by atoms with Crippen LogP contribution in [0.25, 0.3) is 10.2 Å². The molecule has 0 spiro atoms. The van der Waals surface area contributed by atoms with E-state index in [0.717, 1.165) is 15.8 Å². The van der Waals surface area contributed by atoms with E-state index in [1.807, 2.05) is 25.1 Å². The van der Waals surface area contributed by atoms with Gasteiger partial charge in [0.15, 0.2) is 5.13 Å². The van der Waals surface area contributed by atoms with Gasteiger partial charge >= 0.3 is 0 Å². The summed E-state index contributed by atoms with van der Waals surface area (Å²) in [5, 5.41) is 0.799. The minimum absolute atomic E-state index is 0.0166. The molecule has 1 N–H and O–H groups in total. The maximum atomic E-state index is 12.6. The molecule has 0 saturated carbocycles. The standard InChI is InChI=1S/C15H12Cl2N2O2S2/c1-8-4-3-5-12-14(8)18-15(22-12)19-23(20,21)13-6-9(2)10(16)7-11(13)17/h3-7H,1-2H3,(H,18,19). The Morgan fingerprint density at radius 2 is 1.83 bits per heavy atom. The van der Waals surface area contributed by atoms with E-state index in [1.165, 1.54) is 23.5 Å². The molecular weight excluding hydrogens is 375 g/mol. The van der Waals surface area contributed by atoms with Crippen molar-refractivity contribution in [3.05, 3.63) is 51.5 Å². The van der Waals surface area contributed by atoms with Gasteiger partial charge in [-0.05, 0) is 43.2 Å². The van der Waals surface area contributed by atoms with E-state index >= 15 is 0 Å². The lowest BCUT2D eigenvalue weighted by Crippen LogP contribution is -2.13. The first-order valence-corrected chi connectivity index (χ1v) is 9.68. The molecule has 0 atom stereocenters. The van der Waals surface area contributed by atoms with Gasteiger partial charge in [-0.3, -0.25) is 4.72 Å². The van der Waals surface area contributed by atoms with Crippen LogP contribution in [0.4, 0.5) is 5.13 Å². The topological polar surface area (TPSA) is 59.1 Å². The Morgan fingerprint density at radius 3 is 2.52 bits per heavy atom. The molecule has 0 radical (unpaired) electrons. The minimum Gasteiger partial charge on any atom is -0.255 e. The van der Waals surface area contributed by atoms with Crippen LogP contribution < -0.4 is 4.72 Å². The van der Waals surface area contributed by atoms with Crippen molar-refractivity contribution in [1.82, 2.24) is 4.98 Å². The Balaban J connectivity index is 2.03. The summed E-state index contributed by atoms with van der Waals surface area (Å²) < 4.78 is 28.6. The first kappa shape index (κ1) is 16.5. The predicted octanol–water partition coefficient (Wildman–Crippen LogP) is 5.02. The monoisotopic (exact) mass is 386 g/mol. The number of hydrogen-bond acceptors (Lipinski definition) is 4. The van der Waals surface area contributed by atoms with Crippen LogP contribution in [0, 0.1) is 13.8 Å². The number of aryl methyl sites for hydroxylation is 2. The molecule has 3 aromatic rings. The van der Waals surface area contributed by atoms with Crippen molar-refractivity contribution in [2.45, 2.75) is 18.7 Å². The number of hydrogen-bond donors (Lipinski definition) is 1. The SMILES string of the molecule is Cc1cc(S(=O)(=O)Nc2nc3c(C)cccc3s2)c(Cl)cc1Cl. The van der Waals surface area contributed by atoms with Gasteiger partial charge in [-0.25, -0.2) is 13.4 Å². The molecular formula is C15H12Cl2N2O2S2. The fourth-order valence-electron chi connectivity index (χ4n) is 2.14. The van der Waals surface area contributed by atoms with Crippen molar-refractivity contribution in [3.63, 3.8) is 0 Å². The van der Waals surface area contributed by atoms with E-state index in [9.17, 15) is 8.42 Å². The molecule has 23 heavy (non-hydrogen) atoms. The highest BCUT2D eigenvalue weighted by atomic mass is 35.5. The lowest BCUT2D eigenvalue weighted by atomic mass is 10.2. The zero-order chi connectivity index (χ0) is 16.8. The molecule has 0 unspecified atom stereocenters. The van der Waals surface area contributed by atoms with Crippen LogP contribution >= 0.6 is 34.5 Å². The largest absolute Gasteiger partial charge is 0.265 e. The van der Waals surface area contributed by atoms with Crippen LogP contribution in [0.15, 0.2) is 35.2 Å². The summed E-state index contributed by atoms with van der Waals surface area (Å²) in [5.41, 5.74) is 2.41. The molecule has 0 bridgehead atoms. The molecule has 3 rings (SSSR count). The number of nitrogens with zero attached hydrogens (tertiary/aromatic N) is 1. The molecule has 0 saturated heterocycles. The number of aromatic nitrogens is 1. The molecule has 0 aliphatic rings. The van der Waals surface area contributed by atoms with Gasteiger partial charge in [0.1, 0.15) is 4.90 Å². The molecule has 120 valence electrons. The van der Waals surface area contributed by atoms with E-state index in [-0.39, 0.29) is 9.92 Å². The van der Waals surface area contributed by atoms with E-state index in [1.54, 1.807) is 6.92 Å². The number of thiazole rings is 1. The van der Waals surface area contributed by atoms with Crippen LogP contribution in [-0.2, 0) is 10.0 Å². The third-order valence-electron chi connectivity index (χ3n) is 3.35. The van der Waals surface area contributed by atoms with E-state index in [2.05, 4.69) is 9.71 Å². The van der Waals surface area contributed by atoms with Gasteiger partial charge in [-0.15, -0.1) is 0 Å². The van der Waals surface area contributed by atoms with Crippen LogP contribution in [0.1, 0.15) is 11.1 Å². The van der Waals surface area contributed by atoms with Crippen LogP contribution in [-0.4, -0.2) is 13.4 Å². The fourth-order valence-corrected chi connectivity index (χ4v) is 5.15. The van der Waals surface area contributed by atoms with Gasteiger partial charge in [0, 0.05) is 5.02 Å². The number of nitrogens with one attached hydrogen (secondary N) is 1. The summed E-state index contributed by atoms with van der Waals surface area (Å²) in [6.45, 7) is 3.65. The maximum Gasteiger partial charge on any atom is 0.265 e. The Bertz CT molecular complexity index is 1010. The molecule has 1 aromatic heterocycles. The third kappa shape index (κ3) is 3.17. The highest BCUT2D eigenvalue weighted by molar-refractivity contribution is 7.93. The fraction of sp³-hybridized carbons (Fsp3) is 0.133. The zero-order valence-electron chi connectivity index (χ0n) is 12.2. The number of para-hydroxylation sites is 1. The normalized spacial score (nSPS) is 11.8. The van der Waals surface area contributed by atoms with E-state index in [4.69, 9.17) is 23.2 Å². The highest BCUT2D eigenvalue weighted by Crippen LogP contribution is 2.32. The number of rotatable bonds is 3. The van der Waals surface area contributed by atoms with Crippen molar-refractivity contribution < 1.29 is 8.42 Å². The maximum absolute atomic E-state index is 12.6. The van der Waals surface area contributed by atoms with Gasteiger partial charge in [0.2, 0.25) is 0 Å². The van der Waals surface area contributed by atoms with Crippen LogP contribution in [0.5, 0.6) is 0 Å². The Morgan fingerprint density at radius 1 is 1.09 bits per heavy atom. The molecule has 0 aliphatic heterocycles. The summed E-state index contributed by atoms with van der Waals surface area (Å²) in [6, 6.07) is 8.62. The first-order valence-electron chi connectivity index (χ1n) is 6.62. The van der Waals surface area contributed by atoms with Gasteiger partial charge in [-0.2, -0.15) is 0 Å². The third-order valence-corrected chi connectivity index (χ3v) is 6.62.